The molecule has 0 bridgehead atoms. The summed E-state index contributed by atoms with van der Waals surface area (Å²) in [5.41, 5.74) is 0.999. The van der Waals surface area contributed by atoms with Gasteiger partial charge in [-0.15, -0.1) is 0 Å². The summed E-state index contributed by atoms with van der Waals surface area (Å²) in [5.74, 6) is 0.862. The molecule has 0 aliphatic carbocycles. The highest BCUT2D eigenvalue weighted by Gasteiger charge is 2.00. The third-order valence-corrected chi connectivity index (χ3v) is 2.41. The highest BCUT2D eigenvalue weighted by molar-refractivity contribution is 5.85. The van der Waals surface area contributed by atoms with Gasteiger partial charge in [-0.2, -0.15) is 0 Å². The van der Waals surface area contributed by atoms with Gasteiger partial charge < -0.3 is 4.98 Å². The van der Waals surface area contributed by atoms with E-state index in [0.29, 0.717) is 0 Å². The Kier molecular flexibility index (Phi) is 1.78. The Morgan fingerprint density at radius 3 is 2.87 bits per heavy atom. The van der Waals surface area contributed by atoms with Crippen molar-refractivity contribution in [2.24, 2.45) is 0 Å². The minimum Gasteiger partial charge on any atom is -0.345 e. The lowest BCUT2D eigenvalue weighted by Crippen LogP contribution is -1.81. The molecule has 0 saturated heterocycles. The van der Waals surface area contributed by atoms with Crippen molar-refractivity contribution in [3.8, 4) is 11.4 Å². The van der Waals surface area contributed by atoms with E-state index in [0.717, 1.165) is 16.8 Å². The van der Waals surface area contributed by atoms with Crippen LogP contribution in [0.5, 0.6) is 0 Å². The fraction of sp³-hybridized carbons (Fsp3) is 0. The Balaban J connectivity index is 2.22. The van der Waals surface area contributed by atoms with Crippen LogP contribution in [0.3, 0.4) is 0 Å². The van der Waals surface area contributed by atoms with E-state index in [2.05, 4.69) is 34.2 Å². The van der Waals surface area contributed by atoms with Gasteiger partial charge in [-0.25, -0.2) is 4.98 Å². The van der Waals surface area contributed by atoms with Crippen molar-refractivity contribution in [3.05, 3.63) is 54.9 Å². The number of nitrogens with zero attached hydrogens (tertiary/aromatic N) is 1. The Bertz CT molecular complexity index is 582. The van der Waals surface area contributed by atoms with E-state index in [1.807, 2.05) is 24.4 Å². The van der Waals surface area contributed by atoms with Crippen LogP contribution in [0.15, 0.2) is 48.8 Å². The van der Waals surface area contributed by atoms with Gasteiger partial charge in [-0.3, -0.25) is 0 Å². The van der Waals surface area contributed by atoms with Crippen molar-refractivity contribution in [1.82, 2.24) is 9.97 Å². The summed E-state index contributed by atoms with van der Waals surface area (Å²) in [5, 5.41) is 2.32. The summed E-state index contributed by atoms with van der Waals surface area (Å²) in [6, 6.07) is 15.6. The first-order valence-electron chi connectivity index (χ1n) is 4.84. The molecule has 1 heterocycles. The van der Waals surface area contributed by atoms with Crippen LogP contribution in [0.4, 0.5) is 0 Å². The smallest absolute Gasteiger partial charge is 0.137 e. The highest BCUT2D eigenvalue weighted by atomic mass is 14.9. The van der Waals surface area contributed by atoms with Gasteiger partial charge in [-0.1, -0.05) is 30.3 Å². The second-order valence-electron chi connectivity index (χ2n) is 3.40. The molecule has 1 aromatic heterocycles. The largest absolute Gasteiger partial charge is 0.345 e. The number of nitrogens with one attached hydrogen (secondary N) is 1. The Labute approximate surface area is 87.6 Å². The van der Waals surface area contributed by atoms with Crippen molar-refractivity contribution >= 4 is 10.8 Å². The van der Waals surface area contributed by atoms with Crippen LogP contribution in [-0.2, 0) is 0 Å². The number of fused-ring (bicyclic) bond motifs is 1. The SMILES string of the molecule is [c]1c(-c2ncc[nH]2)ccc2ccccc12. The van der Waals surface area contributed by atoms with E-state index in [4.69, 9.17) is 0 Å². The summed E-state index contributed by atoms with van der Waals surface area (Å²) in [7, 11) is 0. The minimum atomic E-state index is 0.862. The molecule has 0 fully saturated rings. The monoisotopic (exact) mass is 193 g/mol. The van der Waals surface area contributed by atoms with Crippen LogP contribution in [0, 0.1) is 6.07 Å². The maximum atomic E-state index is 4.21. The summed E-state index contributed by atoms with van der Waals surface area (Å²) in [6.07, 6.45) is 3.57. The van der Waals surface area contributed by atoms with E-state index >= 15 is 0 Å². The van der Waals surface area contributed by atoms with Crippen molar-refractivity contribution in [2.75, 3.05) is 0 Å². The number of imidazole rings is 1. The zero-order valence-corrected chi connectivity index (χ0v) is 8.07. The molecule has 0 aliphatic rings. The third-order valence-electron chi connectivity index (χ3n) is 2.41. The van der Waals surface area contributed by atoms with Crippen LogP contribution in [0.25, 0.3) is 22.2 Å². The number of H-pyrrole nitrogens is 1. The molecule has 3 aromatic rings. The molecule has 0 spiro atoms. The van der Waals surface area contributed by atoms with Crippen LogP contribution in [0.1, 0.15) is 0 Å². The zero-order valence-electron chi connectivity index (χ0n) is 8.07. The van der Waals surface area contributed by atoms with Crippen LogP contribution in [0.2, 0.25) is 0 Å². The molecule has 15 heavy (non-hydrogen) atoms. The molecule has 0 unspecified atom stereocenters. The van der Waals surface area contributed by atoms with Gasteiger partial charge in [0, 0.05) is 24.0 Å². The van der Waals surface area contributed by atoms with E-state index < -0.39 is 0 Å². The van der Waals surface area contributed by atoms with Gasteiger partial charge in [0.2, 0.25) is 0 Å². The Morgan fingerprint density at radius 1 is 1.07 bits per heavy atom. The van der Waals surface area contributed by atoms with Gasteiger partial charge in [0.1, 0.15) is 5.82 Å². The minimum absolute atomic E-state index is 0.862. The number of rotatable bonds is 1. The van der Waals surface area contributed by atoms with Crippen molar-refractivity contribution in [2.45, 2.75) is 0 Å². The lowest BCUT2D eigenvalue weighted by molar-refractivity contribution is 1.31. The van der Waals surface area contributed by atoms with Crippen LogP contribution < -0.4 is 0 Å². The van der Waals surface area contributed by atoms with Gasteiger partial charge in [0.25, 0.3) is 0 Å². The quantitative estimate of drug-likeness (QED) is 0.632. The van der Waals surface area contributed by atoms with Gasteiger partial charge in [0.05, 0.1) is 0 Å². The normalized spacial score (nSPS) is 10.7. The average Bonchev–Trinajstić information content (AvgIpc) is 2.82. The van der Waals surface area contributed by atoms with E-state index in [1.54, 1.807) is 6.20 Å². The van der Waals surface area contributed by atoms with Crippen molar-refractivity contribution in [3.63, 3.8) is 0 Å². The van der Waals surface area contributed by atoms with Crippen molar-refractivity contribution in [1.29, 1.82) is 0 Å². The number of hydrogen-bond donors (Lipinski definition) is 1. The number of aromatic nitrogens is 2. The first-order chi connectivity index (χ1) is 7.43. The third kappa shape index (κ3) is 1.40. The summed E-state index contributed by atoms with van der Waals surface area (Å²) in [6.45, 7) is 0. The molecule has 2 heteroatoms. The molecule has 0 aliphatic heterocycles. The second-order valence-corrected chi connectivity index (χ2v) is 3.40. The molecule has 2 aromatic carbocycles. The molecule has 2 nitrogen and oxygen atoms in total. The first-order valence-corrected chi connectivity index (χ1v) is 4.84. The molecular weight excluding hydrogens is 184 g/mol. The molecular formula is C13H9N2. The average molecular weight is 193 g/mol. The topological polar surface area (TPSA) is 28.7 Å². The molecule has 1 radical (unpaired) electrons. The number of benzene rings is 2. The van der Waals surface area contributed by atoms with E-state index in [9.17, 15) is 0 Å². The summed E-state index contributed by atoms with van der Waals surface area (Å²) < 4.78 is 0. The molecule has 0 amide bonds. The molecule has 1 N–H and O–H groups in total. The lowest BCUT2D eigenvalue weighted by atomic mass is 10.1. The molecule has 71 valence electrons. The zero-order chi connectivity index (χ0) is 10.1. The number of aromatic amines is 1. The lowest BCUT2D eigenvalue weighted by Gasteiger charge is -1.99. The highest BCUT2D eigenvalue weighted by Crippen LogP contribution is 2.20. The maximum Gasteiger partial charge on any atom is 0.137 e. The van der Waals surface area contributed by atoms with E-state index in [-0.39, 0.29) is 0 Å². The Morgan fingerprint density at radius 2 is 2.00 bits per heavy atom. The summed E-state index contributed by atoms with van der Waals surface area (Å²) in [4.78, 5) is 7.28. The first kappa shape index (κ1) is 8.24. The standard InChI is InChI=1S/C13H9N2/c1-2-4-11-9-12(6-5-10(11)3-1)13-14-7-8-15-13/h1-8H,(H,14,15). The summed E-state index contributed by atoms with van der Waals surface area (Å²) >= 11 is 0. The Hall–Kier alpha value is -2.09. The van der Waals surface area contributed by atoms with Gasteiger partial charge in [0.15, 0.2) is 0 Å². The van der Waals surface area contributed by atoms with Crippen LogP contribution >= 0.6 is 0 Å². The maximum absolute atomic E-state index is 4.21. The van der Waals surface area contributed by atoms with E-state index in [1.165, 1.54) is 5.39 Å². The fourth-order valence-electron chi connectivity index (χ4n) is 1.67. The predicted molar refractivity (Wildman–Crippen MR) is 60.4 cm³/mol. The van der Waals surface area contributed by atoms with Gasteiger partial charge in [-0.05, 0) is 16.8 Å². The second kappa shape index (κ2) is 3.24. The van der Waals surface area contributed by atoms with Gasteiger partial charge >= 0.3 is 0 Å². The molecule has 0 atom stereocenters. The van der Waals surface area contributed by atoms with Crippen molar-refractivity contribution < 1.29 is 0 Å². The predicted octanol–water partition coefficient (Wildman–Crippen LogP) is 3.03. The molecule has 0 saturated carbocycles. The van der Waals surface area contributed by atoms with Crippen LogP contribution in [-0.4, -0.2) is 9.97 Å². The number of hydrogen-bond acceptors (Lipinski definition) is 1. The fourth-order valence-corrected chi connectivity index (χ4v) is 1.67. The molecule has 3 rings (SSSR count).